The maximum absolute atomic E-state index is 11.8. The molecule has 1 atom stereocenters. The van der Waals surface area contributed by atoms with Crippen molar-refractivity contribution in [2.24, 2.45) is 0 Å². The van der Waals surface area contributed by atoms with Crippen LogP contribution in [-0.2, 0) is 37.7 Å². The fourth-order valence-electron chi connectivity index (χ4n) is 0.614. The van der Waals surface area contributed by atoms with Gasteiger partial charge in [0, 0.05) is 0 Å². The number of phosphoric acid groups is 1. The van der Waals surface area contributed by atoms with Gasteiger partial charge in [0.1, 0.15) is 0 Å². The highest BCUT2D eigenvalue weighted by atomic mass is 32.9. The molecule has 86 valence electrons. The molecule has 0 saturated carbocycles. The number of hydrogen-bond donors (Lipinski definition) is 0. The maximum atomic E-state index is 11.8. The minimum absolute atomic E-state index is 0.233. The Hall–Kier alpha value is 0.980. The van der Waals surface area contributed by atoms with E-state index in [1.807, 2.05) is 6.92 Å². The van der Waals surface area contributed by atoms with Crippen LogP contribution in [0, 0.1) is 0 Å². The van der Waals surface area contributed by atoms with E-state index in [1.54, 1.807) is 13.8 Å². The standard InChI is InChI=1S/C6H15O4P2S2/c1-4-5-8-12(7,9-6(2)3)10-14(11)13/h6,11H,4-5H2,1-3H3/q-1. The van der Waals surface area contributed by atoms with Crippen LogP contribution in [0.25, 0.3) is 0 Å². The number of phosphoric ester groups is 1. The summed E-state index contributed by atoms with van der Waals surface area (Å²) < 4.78 is 26.8. The molecule has 0 amide bonds. The molecule has 0 heterocycles. The predicted molar refractivity (Wildman–Crippen MR) is 64.2 cm³/mol. The third-order valence-electron chi connectivity index (χ3n) is 0.952. The summed E-state index contributed by atoms with van der Waals surface area (Å²) in [4.78, 5) is 0. The monoisotopic (exact) mass is 277 g/mol. The van der Waals surface area contributed by atoms with Gasteiger partial charge in [0.05, 0.1) is 12.7 Å². The van der Waals surface area contributed by atoms with Gasteiger partial charge in [0.2, 0.25) is 0 Å². The molecule has 0 spiro atoms. The minimum atomic E-state index is -3.49. The lowest BCUT2D eigenvalue weighted by Gasteiger charge is -2.22. The molecule has 0 aromatic rings. The third-order valence-corrected chi connectivity index (χ3v) is 4.62. The van der Waals surface area contributed by atoms with E-state index in [9.17, 15) is 4.57 Å². The van der Waals surface area contributed by atoms with E-state index < -0.39 is 16.7 Å². The molecule has 4 nitrogen and oxygen atoms in total. The second-order valence-corrected chi connectivity index (χ2v) is 8.08. The van der Waals surface area contributed by atoms with Gasteiger partial charge in [0.25, 0.3) is 0 Å². The normalized spacial score (nSPS) is 16.1. The van der Waals surface area contributed by atoms with Crippen LogP contribution in [0.3, 0.4) is 0 Å². The van der Waals surface area contributed by atoms with Crippen LogP contribution >= 0.6 is 15.8 Å². The molecule has 0 aliphatic carbocycles. The first-order valence-electron chi connectivity index (χ1n) is 4.15. The highest BCUT2D eigenvalue weighted by molar-refractivity contribution is 8.37. The first kappa shape index (κ1) is 15.0. The van der Waals surface area contributed by atoms with E-state index in [2.05, 4.69) is 8.02 Å². The smallest absolute Gasteiger partial charge is 0.383 e. The van der Waals surface area contributed by atoms with Crippen LogP contribution in [0.5, 0.6) is 0 Å². The molecule has 0 bridgehead atoms. The van der Waals surface area contributed by atoms with Crippen molar-refractivity contribution < 1.29 is 17.6 Å². The van der Waals surface area contributed by atoms with Crippen molar-refractivity contribution in [3.63, 3.8) is 0 Å². The Balaban J connectivity index is 4.41. The zero-order valence-electron chi connectivity index (χ0n) is 8.39. The molecule has 0 aromatic carbocycles. The molecule has 0 saturated heterocycles. The van der Waals surface area contributed by atoms with Crippen LogP contribution in [0.15, 0.2) is 0 Å². The fraction of sp³-hybridized carbons (Fsp3) is 1.00. The van der Waals surface area contributed by atoms with E-state index in [0.717, 1.165) is 6.42 Å². The molecule has 0 radical (unpaired) electrons. The van der Waals surface area contributed by atoms with Gasteiger partial charge in [0.15, 0.2) is 0 Å². The summed E-state index contributed by atoms with van der Waals surface area (Å²) in [6.45, 7) is 5.73. The molecule has 0 aliphatic heterocycles. The van der Waals surface area contributed by atoms with Crippen molar-refractivity contribution in [1.29, 1.82) is 0 Å². The van der Waals surface area contributed by atoms with Crippen LogP contribution < -0.4 is 0 Å². The molecular formula is C6H15O4P2S2-. The van der Waals surface area contributed by atoms with Gasteiger partial charge in [-0.05, 0) is 20.3 Å². The average molecular weight is 277 g/mol. The topological polar surface area (TPSA) is 44.8 Å². The van der Waals surface area contributed by atoms with Crippen molar-refractivity contribution >= 4 is 35.9 Å². The Labute approximate surface area is 93.6 Å². The van der Waals surface area contributed by atoms with Gasteiger partial charge in [-0.25, -0.2) is 23.8 Å². The van der Waals surface area contributed by atoms with Crippen LogP contribution in [0.2, 0.25) is 0 Å². The molecule has 0 rings (SSSR count). The van der Waals surface area contributed by atoms with E-state index >= 15 is 0 Å². The zero-order valence-corrected chi connectivity index (χ0v) is 11.9. The largest absolute Gasteiger partial charge is 0.456 e. The minimum Gasteiger partial charge on any atom is -0.383 e. The second-order valence-electron chi connectivity index (χ2n) is 2.74. The summed E-state index contributed by atoms with van der Waals surface area (Å²) >= 11 is 4.72. The summed E-state index contributed by atoms with van der Waals surface area (Å²) in [6, 6.07) is 0. The summed E-state index contributed by atoms with van der Waals surface area (Å²) in [5.41, 5.74) is 0. The van der Waals surface area contributed by atoms with Gasteiger partial charge in [-0.15, -0.1) is 0 Å². The Morgan fingerprint density at radius 2 is 2.14 bits per heavy atom. The first-order chi connectivity index (χ1) is 6.39. The van der Waals surface area contributed by atoms with Crippen molar-refractivity contribution in [3.05, 3.63) is 0 Å². The van der Waals surface area contributed by atoms with Crippen molar-refractivity contribution in [2.75, 3.05) is 6.61 Å². The molecular weight excluding hydrogens is 262 g/mol. The maximum Gasteiger partial charge on any atom is 0.456 e. The van der Waals surface area contributed by atoms with Gasteiger partial charge in [-0.2, -0.15) is 0 Å². The average Bonchev–Trinajstić information content (AvgIpc) is 1.97. The van der Waals surface area contributed by atoms with Crippen LogP contribution in [0.4, 0.5) is 0 Å². The van der Waals surface area contributed by atoms with Crippen molar-refractivity contribution in [3.8, 4) is 0 Å². The highest BCUT2D eigenvalue weighted by Crippen LogP contribution is 2.51. The number of rotatable bonds is 7. The summed E-state index contributed by atoms with van der Waals surface area (Å²) in [5, 5.41) is 0. The Kier molecular flexibility index (Phi) is 7.80. The van der Waals surface area contributed by atoms with E-state index in [4.69, 9.17) is 24.2 Å². The quantitative estimate of drug-likeness (QED) is 0.528. The molecule has 0 aliphatic rings. The van der Waals surface area contributed by atoms with Crippen LogP contribution in [0.1, 0.15) is 27.2 Å². The second kappa shape index (κ2) is 7.29. The summed E-state index contributed by atoms with van der Waals surface area (Å²) in [7, 11) is -1.49. The SMILES string of the molecule is CCCOP(=O)(OC(C)C)O[S-](=P)=S. The third kappa shape index (κ3) is 7.30. The molecule has 0 fully saturated rings. The van der Waals surface area contributed by atoms with Gasteiger partial charge >= 0.3 is 7.82 Å². The lowest BCUT2D eigenvalue weighted by atomic mass is 10.5. The number of hydrogen-bond acceptors (Lipinski definition) is 6. The van der Waals surface area contributed by atoms with E-state index in [1.165, 1.54) is 0 Å². The zero-order chi connectivity index (χ0) is 11.2. The Bertz CT molecular complexity index is 269. The summed E-state index contributed by atoms with van der Waals surface area (Å²) in [5.74, 6) is 0. The molecule has 0 N–H and O–H groups in total. The Morgan fingerprint density at radius 1 is 1.57 bits per heavy atom. The predicted octanol–water partition coefficient (Wildman–Crippen LogP) is 3.02. The van der Waals surface area contributed by atoms with Crippen LogP contribution in [-0.4, -0.2) is 12.7 Å². The summed E-state index contributed by atoms with van der Waals surface area (Å²) in [6.07, 6.45) is 0.504. The van der Waals surface area contributed by atoms with E-state index in [-0.39, 0.29) is 6.10 Å². The Morgan fingerprint density at radius 3 is 2.50 bits per heavy atom. The molecule has 8 heteroatoms. The lowest BCUT2D eigenvalue weighted by Crippen LogP contribution is -2.05. The molecule has 0 aromatic heterocycles. The molecule has 1 unspecified atom stereocenters. The van der Waals surface area contributed by atoms with Gasteiger partial charge < -0.3 is 3.97 Å². The first-order valence-corrected chi connectivity index (χ1v) is 8.91. The molecule has 14 heavy (non-hydrogen) atoms. The van der Waals surface area contributed by atoms with Gasteiger partial charge in [-0.1, -0.05) is 6.92 Å². The fourth-order valence-corrected chi connectivity index (χ4v) is 4.07. The lowest BCUT2D eigenvalue weighted by molar-refractivity contribution is 0.132. The van der Waals surface area contributed by atoms with Crippen molar-refractivity contribution in [1.82, 2.24) is 0 Å². The van der Waals surface area contributed by atoms with Crippen molar-refractivity contribution in [2.45, 2.75) is 33.3 Å². The van der Waals surface area contributed by atoms with Gasteiger partial charge in [-0.3, -0.25) is 18.0 Å². The highest BCUT2D eigenvalue weighted by Gasteiger charge is 2.24. The van der Waals surface area contributed by atoms with E-state index in [0.29, 0.717) is 6.61 Å².